The number of rotatable bonds is 4. The van der Waals surface area contributed by atoms with Crippen molar-refractivity contribution in [3.05, 3.63) is 35.1 Å². The predicted octanol–water partition coefficient (Wildman–Crippen LogP) is 3.01. The molecule has 1 atom stereocenters. The molecule has 0 saturated heterocycles. The van der Waals surface area contributed by atoms with Crippen LogP contribution in [0, 0.1) is 17.5 Å². The fourth-order valence-corrected chi connectivity index (χ4v) is 1.82. The monoisotopic (exact) mass is 309 g/mol. The van der Waals surface area contributed by atoms with Crippen molar-refractivity contribution < 1.29 is 18.0 Å². The minimum absolute atomic E-state index is 0.140. The highest BCUT2D eigenvalue weighted by molar-refractivity contribution is 9.09. The third kappa shape index (κ3) is 3.46. The lowest BCUT2D eigenvalue weighted by molar-refractivity contribution is 0.0939. The molecule has 1 N–H and O–H groups in total. The molecule has 1 aromatic carbocycles. The number of nitrogens with one attached hydrogen (secondary N) is 1. The van der Waals surface area contributed by atoms with Crippen LogP contribution in [0.1, 0.15) is 23.7 Å². The smallest absolute Gasteiger partial charge is 0.251 e. The molecular formula is C11H11BrF3NO. The second-order valence-corrected chi connectivity index (χ2v) is 4.13. The van der Waals surface area contributed by atoms with E-state index in [9.17, 15) is 18.0 Å². The van der Waals surface area contributed by atoms with Gasteiger partial charge in [0.05, 0.1) is 0 Å². The molecule has 1 aromatic rings. The predicted molar refractivity (Wildman–Crippen MR) is 61.7 cm³/mol. The average Bonchev–Trinajstić information content (AvgIpc) is 2.31. The Morgan fingerprint density at radius 2 is 1.88 bits per heavy atom. The molecule has 0 aromatic heterocycles. The summed E-state index contributed by atoms with van der Waals surface area (Å²) in [6.45, 7) is 1.86. The third-order valence-corrected chi connectivity index (χ3v) is 3.04. The molecule has 0 saturated carbocycles. The molecule has 0 heterocycles. The van der Waals surface area contributed by atoms with Crippen LogP contribution >= 0.6 is 15.9 Å². The van der Waals surface area contributed by atoms with Crippen LogP contribution in [-0.2, 0) is 0 Å². The Balaban J connectivity index is 2.90. The lowest BCUT2D eigenvalue weighted by atomic mass is 10.1. The van der Waals surface area contributed by atoms with Gasteiger partial charge >= 0.3 is 0 Å². The standard InChI is InChI=1S/C11H11BrF3NO/c1-2-7(5-12)16-11(17)6-3-8(13)10(15)9(14)4-6/h3-4,7H,2,5H2,1H3,(H,16,17). The number of hydrogen-bond donors (Lipinski definition) is 1. The second kappa shape index (κ2) is 6.05. The van der Waals surface area contributed by atoms with Crippen molar-refractivity contribution in [2.45, 2.75) is 19.4 Å². The topological polar surface area (TPSA) is 29.1 Å². The number of carbonyl (C=O) groups excluding carboxylic acids is 1. The summed E-state index contributed by atoms with van der Waals surface area (Å²) in [5, 5.41) is 3.09. The minimum Gasteiger partial charge on any atom is -0.348 e. The SMILES string of the molecule is CCC(CBr)NC(=O)c1cc(F)c(F)c(F)c1. The third-order valence-electron chi connectivity index (χ3n) is 2.26. The fraction of sp³-hybridized carbons (Fsp3) is 0.364. The zero-order valence-corrected chi connectivity index (χ0v) is 10.7. The highest BCUT2D eigenvalue weighted by Gasteiger charge is 2.16. The second-order valence-electron chi connectivity index (χ2n) is 3.49. The van der Waals surface area contributed by atoms with Gasteiger partial charge in [-0.15, -0.1) is 0 Å². The highest BCUT2D eigenvalue weighted by atomic mass is 79.9. The van der Waals surface area contributed by atoms with Crippen LogP contribution < -0.4 is 5.32 Å². The first kappa shape index (κ1) is 14.0. The zero-order chi connectivity index (χ0) is 13.0. The van der Waals surface area contributed by atoms with Gasteiger partial charge < -0.3 is 5.32 Å². The molecule has 1 rings (SSSR count). The van der Waals surface area contributed by atoms with E-state index in [4.69, 9.17) is 0 Å². The summed E-state index contributed by atoms with van der Waals surface area (Å²) >= 11 is 3.19. The molecule has 0 spiro atoms. The van der Waals surface area contributed by atoms with Crippen molar-refractivity contribution in [3.8, 4) is 0 Å². The zero-order valence-electron chi connectivity index (χ0n) is 9.07. The van der Waals surface area contributed by atoms with E-state index in [0.29, 0.717) is 23.9 Å². The average molecular weight is 310 g/mol. The van der Waals surface area contributed by atoms with Crippen LogP contribution in [0.3, 0.4) is 0 Å². The maximum atomic E-state index is 12.9. The minimum atomic E-state index is -1.57. The van der Waals surface area contributed by atoms with E-state index < -0.39 is 23.4 Å². The van der Waals surface area contributed by atoms with Gasteiger partial charge in [-0.25, -0.2) is 13.2 Å². The summed E-state index contributed by atoms with van der Waals surface area (Å²) in [6.07, 6.45) is 0.670. The van der Waals surface area contributed by atoms with Crippen molar-refractivity contribution in [2.24, 2.45) is 0 Å². The molecule has 0 aliphatic carbocycles. The quantitative estimate of drug-likeness (QED) is 0.672. The first-order valence-corrected chi connectivity index (χ1v) is 6.13. The van der Waals surface area contributed by atoms with Crippen LogP contribution in [0.25, 0.3) is 0 Å². The van der Waals surface area contributed by atoms with Gasteiger partial charge in [-0.1, -0.05) is 22.9 Å². The van der Waals surface area contributed by atoms with Gasteiger partial charge in [-0.2, -0.15) is 0 Å². The molecule has 2 nitrogen and oxygen atoms in total. The number of carbonyl (C=O) groups is 1. The van der Waals surface area contributed by atoms with E-state index in [1.54, 1.807) is 0 Å². The van der Waals surface area contributed by atoms with Gasteiger partial charge in [-0.05, 0) is 18.6 Å². The van der Waals surface area contributed by atoms with Gasteiger partial charge in [0, 0.05) is 16.9 Å². The van der Waals surface area contributed by atoms with Crippen molar-refractivity contribution in [1.82, 2.24) is 5.32 Å². The highest BCUT2D eigenvalue weighted by Crippen LogP contribution is 2.13. The van der Waals surface area contributed by atoms with Crippen molar-refractivity contribution in [2.75, 3.05) is 5.33 Å². The fourth-order valence-electron chi connectivity index (χ4n) is 1.21. The molecule has 0 aliphatic heterocycles. The molecule has 0 radical (unpaired) electrons. The molecule has 0 aliphatic rings. The Kier molecular flexibility index (Phi) is 4.99. The van der Waals surface area contributed by atoms with E-state index >= 15 is 0 Å². The van der Waals surface area contributed by atoms with E-state index in [2.05, 4.69) is 21.2 Å². The van der Waals surface area contributed by atoms with Gasteiger partial charge in [-0.3, -0.25) is 4.79 Å². The summed E-state index contributed by atoms with van der Waals surface area (Å²) in [6, 6.07) is 1.21. The first-order chi connectivity index (χ1) is 7.99. The Bertz CT molecular complexity index is 398. The van der Waals surface area contributed by atoms with E-state index in [0.717, 1.165) is 0 Å². The summed E-state index contributed by atoms with van der Waals surface area (Å²) < 4.78 is 38.5. The number of halogens is 4. The summed E-state index contributed by atoms with van der Waals surface area (Å²) in [4.78, 5) is 11.6. The number of hydrogen-bond acceptors (Lipinski definition) is 1. The van der Waals surface area contributed by atoms with Gasteiger partial charge in [0.15, 0.2) is 17.5 Å². The normalized spacial score (nSPS) is 12.3. The van der Waals surface area contributed by atoms with E-state index in [1.165, 1.54) is 0 Å². The molecule has 1 amide bonds. The summed E-state index contributed by atoms with van der Waals surface area (Å²) in [5.74, 6) is -4.95. The molecule has 0 bridgehead atoms. The molecule has 0 fully saturated rings. The van der Waals surface area contributed by atoms with Crippen LogP contribution in [0.15, 0.2) is 12.1 Å². The Morgan fingerprint density at radius 1 is 1.35 bits per heavy atom. The van der Waals surface area contributed by atoms with Crippen molar-refractivity contribution >= 4 is 21.8 Å². The van der Waals surface area contributed by atoms with Gasteiger partial charge in [0.25, 0.3) is 5.91 Å². The molecular weight excluding hydrogens is 299 g/mol. The van der Waals surface area contributed by atoms with Crippen LogP contribution in [0.4, 0.5) is 13.2 Å². The number of alkyl halides is 1. The van der Waals surface area contributed by atoms with Gasteiger partial charge in [0.2, 0.25) is 0 Å². The molecule has 1 unspecified atom stereocenters. The largest absolute Gasteiger partial charge is 0.348 e. The maximum Gasteiger partial charge on any atom is 0.251 e. The van der Waals surface area contributed by atoms with Crippen molar-refractivity contribution in [1.29, 1.82) is 0 Å². The summed E-state index contributed by atoms with van der Waals surface area (Å²) in [7, 11) is 0. The summed E-state index contributed by atoms with van der Waals surface area (Å²) in [5.41, 5.74) is -0.235. The lowest BCUT2D eigenvalue weighted by Crippen LogP contribution is -2.35. The molecule has 6 heteroatoms. The molecule has 94 valence electrons. The van der Waals surface area contributed by atoms with E-state index in [-0.39, 0.29) is 11.6 Å². The van der Waals surface area contributed by atoms with E-state index in [1.807, 2.05) is 6.92 Å². The molecule has 17 heavy (non-hydrogen) atoms. The van der Waals surface area contributed by atoms with Crippen LogP contribution in [0.5, 0.6) is 0 Å². The Morgan fingerprint density at radius 3 is 2.29 bits per heavy atom. The first-order valence-electron chi connectivity index (χ1n) is 5.01. The van der Waals surface area contributed by atoms with Crippen LogP contribution in [-0.4, -0.2) is 17.3 Å². The lowest BCUT2D eigenvalue weighted by Gasteiger charge is -2.14. The number of amides is 1. The Labute approximate surface area is 105 Å². The maximum absolute atomic E-state index is 12.9. The number of benzene rings is 1. The van der Waals surface area contributed by atoms with Gasteiger partial charge in [0.1, 0.15) is 0 Å². The Hall–Kier alpha value is -1.04. The van der Waals surface area contributed by atoms with Crippen molar-refractivity contribution in [3.63, 3.8) is 0 Å². The van der Waals surface area contributed by atoms with Crippen LogP contribution in [0.2, 0.25) is 0 Å².